The lowest BCUT2D eigenvalue weighted by atomic mass is 10.1. The summed E-state index contributed by atoms with van der Waals surface area (Å²) in [6, 6.07) is 0.525. The Hall–Kier alpha value is -0.380. The molecule has 3 heteroatoms. The largest absolute Gasteiger partial charge is 0.396 e. The molecule has 16 heavy (non-hydrogen) atoms. The highest BCUT2D eigenvalue weighted by atomic mass is 16.3. The molecule has 0 aliphatic carbocycles. The molecule has 1 rings (SSSR count). The van der Waals surface area contributed by atoms with Gasteiger partial charge in [0.1, 0.15) is 0 Å². The zero-order valence-electron chi connectivity index (χ0n) is 10.7. The van der Waals surface area contributed by atoms with Gasteiger partial charge in [0.2, 0.25) is 0 Å². The first-order valence-corrected chi connectivity index (χ1v) is 6.35. The van der Waals surface area contributed by atoms with Crippen LogP contribution in [0.4, 0.5) is 0 Å². The second-order valence-corrected chi connectivity index (χ2v) is 5.19. The standard InChI is InChI=1S/C13H26N2O/c1-11(2)14-8-12(3)9-15-6-4-13(10-15)5-7-16/h11,13-14,16H,3-10H2,1-2H3. The molecular formula is C13H26N2O. The molecule has 0 saturated carbocycles. The van der Waals surface area contributed by atoms with E-state index in [2.05, 4.69) is 30.6 Å². The molecule has 1 unspecified atom stereocenters. The number of rotatable bonds is 7. The second kappa shape index (κ2) is 7.05. The normalized spacial score (nSPS) is 21.9. The lowest BCUT2D eigenvalue weighted by molar-refractivity contribution is 0.253. The second-order valence-electron chi connectivity index (χ2n) is 5.19. The molecule has 1 aliphatic heterocycles. The van der Waals surface area contributed by atoms with Crippen molar-refractivity contribution in [3.05, 3.63) is 12.2 Å². The lowest BCUT2D eigenvalue weighted by Crippen LogP contribution is -2.30. The minimum atomic E-state index is 0.328. The molecule has 0 aromatic heterocycles. The smallest absolute Gasteiger partial charge is 0.0434 e. The fourth-order valence-corrected chi connectivity index (χ4v) is 2.20. The number of aliphatic hydroxyl groups excluding tert-OH is 1. The van der Waals surface area contributed by atoms with E-state index in [4.69, 9.17) is 5.11 Å². The first kappa shape index (κ1) is 13.7. The highest BCUT2D eigenvalue weighted by Crippen LogP contribution is 2.19. The number of likely N-dealkylation sites (tertiary alicyclic amines) is 1. The third kappa shape index (κ3) is 5.10. The molecule has 2 N–H and O–H groups in total. The zero-order chi connectivity index (χ0) is 12.0. The predicted molar refractivity (Wildman–Crippen MR) is 68.5 cm³/mol. The summed E-state index contributed by atoms with van der Waals surface area (Å²) in [5.74, 6) is 0.691. The van der Waals surface area contributed by atoms with E-state index in [-0.39, 0.29) is 0 Å². The minimum absolute atomic E-state index is 0.328. The SMILES string of the molecule is C=C(CNC(C)C)CN1CCC(CCO)C1. The van der Waals surface area contributed by atoms with Crippen LogP contribution in [-0.4, -0.2) is 48.8 Å². The van der Waals surface area contributed by atoms with Crippen molar-refractivity contribution in [3.8, 4) is 0 Å². The van der Waals surface area contributed by atoms with Crippen LogP contribution in [0.2, 0.25) is 0 Å². The molecule has 0 aromatic carbocycles. The number of nitrogens with zero attached hydrogens (tertiary/aromatic N) is 1. The number of aliphatic hydroxyl groups is 1. The first-order valence-electron chi connectivity index (χ1n) is 6.35. The summed E-state index contributed by atoms with van der Waals surface area (Å²) >= 11 is 0. The van der Waals surface area contributed by atoms with Crippen LogP contribution in [0.3, 0.4) is 0 Å². The van der Waals surface area contributed by atoms with Crippen LogP contribution in [0.25, 0.3) is 0 Å². The average molecular weight is 226 g/mol. The topological polar surface area (TPSA) is 35.5 Å². The van der Waals surface area contributed by atoms with Gasteiger partial charge >= 0.3 is 0 Å². The Balaban J connectivity index is 2.15. The number of hydrogen-bond acceptors (Lipinski definition) is 3. The molecule has 1 fully saturated rings. The fraction of sp³-hybridized carbons (Fsp3) is 0.846. The van der Waals surface area contributed by atoms with E-state index in [9.17, 15) is 0 Å². The van der Waals surface area contributed by atoms with Crippen molar-refractivity contribution < 1.29 is 5.11 Å². The molecule has 1 aliphatic rings. The van der Waals surface area contributed by atoms with Crippen LogP contribution in [0.5, 0.6) is 0 Å². The number of nitrogens with one attached hydrogen (secondary N) is 1. The lowest BCUT2D eigenvalue weighted by Gasteiger charge is -2.18. The fourth-order valence-electron chi connectivity index (χ4n) is 2.20. The van der Waals surface area contributed by atoms with Crippen LogP contribution in [-0.2, 0) is 0 Å². The third-order valence-corrected chi connectivity index (χ3v) is 3.11. The molecule has 0 bridgehead atoms. The van der Waals surface area contributed by atoms with E-state index in [1.54, 1.807) is 0 Å². The monoisotopic (exact) mass is 226 g/mol. The third-order valence-electron chi connectivity index (χ3n) is 3.11. The van der Waals surface area contributed by atoms with Gasteiger partial charge in [-0.25, -0.2) is 0 Å². The highest BCUT2D eigenvalue weighted by molar-refractivity contribution is 5.01. The van der Waals surface area contributed by atoms with Crippen molar-refractivity contribution in [2.75, 3.05) is 32.8 Å². The predicted octanol–water partition coefficient (Wildman–Crippen LogP) is 1.24. The number of hydrogen-bond donors (Lipinski definition) is 2. The maximum Gasteiger partial charge on any atom is 0.0434 e. The maximum absolute atomic E-state index is 8.89. The molecule has 0 aromatic rings. The molecule has 1 heterocycles. The summed E-state index contributed by atoms with van der Waals surface area (Å²) in [4.78, 5) is 2.45. The molecule has 94 valence electrons. The van der Waals surface area contributed by atoms with E-state index < -0.39 is 0 Å². The Labute approximate surface area is 99.5 Å². The summed E-state index contributed by atoms with van der Waals surface area (Å²) in [7, 11) is 0. The molecule has 3 nitrogen and oxygen atoms in total. The molecule has 0 radical (unpaired) electrons. The molecular weight excluding hydrogens is 200 g/mol. The van der Waals surface area contributed by atoms with Crippen LogP contribution in [0.1, 0.15) is 26.7 Å². The van der Waals surface area contributed by atoms with E-state index in [0.29, 0.717) is 18.6 Å². The van der Waals surface area contributed by atoms with Crippen LogP contribution < -0.4 is 5.32 Å². The quantitative estimate of drug-likeness (QED) is 0.641. The Morgan fingerprint density at radius 1 is 1.56 bits per heavy atom. The Morgan fingerprint density at radius 3 is 2.94 bits per heavy atom. The van der Waals surface area contributed by atoms with Crippen molar-refractivity contribution in [2.24, 2.45) is 5.92 Å². The van der Waals surface area contributed by atoms with Gasteiger partial charge in [0.05, 0.1) is 0 Å². The van der Waals surface area contributed by atoms with Gasteiger partial charge in [-0.2, -0.15) is 0 Å². The summed E-state index contributed by atoms with van der Waals surface area (Å²) in [6.07, 6.45) is 2.18. The van der Waals surface area contributed by atoms with Crippen molar-refractivity contribution in [1.29, 1.82) is 0 Å². The van der Waals surface area contributed by atoms with E-state index >= 15 is 0 Å². The molecule has 1 saturated heterocycles. The van der Waals surface area contributed by atoms with E-state index in [0.717, 1.165) is 32.6 Å². The van der Waals surface area contributed by atoms with Crippen molar-refractivity contribution in [3.63, 3.8) is 0 Å². The molecule has 0 spiro atoms. The van der Waals surface area contributed by atoms with Gasteiger partial charge in [-0.1, -0.05) is 20.4 Å². The summed E-state index contributed by atoms with van der Waals surface area (Å²) in [5.41, 5.74) is 1.26. The summed E-state index contributed by atoms with van der Waals surface area (Å²) in [5, 5.41) is 12.3. The zero-order valence-corrected chi connectivity index (χ0v) is 10.7. The van der Waals surface area contributed by atoms with Gasteiger partial charge in [0.25, 0.3) is 0 Å². The van der Waals surface area contributed by atoms with Gasteiger partial charge in [-0.3, -0.25) is 4.90 Å². The Morgan fingerprint density at radius 2 is 2.31 bits per heavy atom. The van der Waals surface area contributed by atoms with Gasteiger partial charge in [-0.15, -0.1) is 0 Å². The first-order chi connectivity index (χ1) is 7.61. The highest BCUT2D eigenvalue weighted by Gasteiger charge is 2.21. The maximum atomic E-state index is 8.89. The van der Waals surface area contributed by atoms with Crippen molar-refractivity contribution in [2.45, 2.75) is 32.7 Å². The van der Waals surface area contributed by atoms with Gasteiger partial charge in [-0.05, 0) is 30.9 Å². The van der Waals surface area contributed by atoms with E-state index in [1.807, 2.05) is 0 Å². The van der Waals surface area contributed by atoms with E-state index in [1.165, 1.54) is 12.0 Å². The Bertz CT molecular complexity index is 216. The summed E-state index contributed by atoms with van der Waals surface area (Å²) in [6.45, 7) is 12.9. The minimum Gasteiger partial charge on any atom is -0.396 e. The molecule has 0 amide bonds. The van der Waals surface area contributed by atoms with Crippen molar-refractivity contribution >= 4 is 0 Å². The van der Waals surface area contributed by atoms with Crippen LogP contribution in [0.15, 0.2) is 12.2 Å². The average Bonchev–Trinajstić information content (AvgIpc) is 2.63. The molecule has 1 atom stereocenters. The summed E-state index contributed by atoms with van der Waals surface area (Å²) < 4.78 is 0. The Kier molecular flexibility index (Phi) is 6.03. The van der Waals surface area contributed by atoms with Gasteiger partial charge < -0.3 is 10.4 Å². The van der Waals surface area contributed by atoms with Crippen molar-refractivity contribution in [1.82, 2.24) is 10.2 Å². The van der Waals surface area contributed by atoms with Gasteiger partial charge in [0.15, 0.2) is 0 Å². The van der Waals surface area contributed by atoms with Gasteiger partial charge in [0, 0.05) is 32.3 Å². The van der Waals surface area contributed by atoms with Crippen LogP contribution in [0, 0.1) is 5.92 Å². The van der Waals surface area contributed by atoms with Crippen LogP contribution >= 0.6 is 0 Å².